The second-order valence-electron chi connectivity index (χ2n) is 4.71. The molecular weight excluding hydrogens is 311 g/mol. The van der Waals surface area contributed by atoms with Crippen molar-refractivity contribution in [1.29, 1.82) is 0 Å². The highest BCUT2D eigenvalue weighted by atomic mass is 19.4. The predicted octanol–water partition coefficient (Wildman–Crippen LogP) is 3.04. The van der Waals surface area contributed by atoms with Crippen LogP contribution in [0.25, 0.3) is 0 Å². The van der Waals surface area contributed by atoms with Crippen LogP contribution in [0.15, 0.2) is 29.3 Å². The Kier molecular flexibility index (Phi) is 8.25. The van der Waals surface area contributed by atoms with Gasteiger partial charge in [-0.2, -0.15) is 13.2 Å². The molecule has 8 heteroatoms. The van der Waals surface area contributed by atoms with Crippen LogP contribution < -0.4 is 15.4 Å². The molecule has 0 unspecified atom stereocenters. The summed E-state index contributed by atoms with van der Waals surface area (Å²) in [6.45, 7) is 0.903. The van der Waals surface area contributed by atoms with Crippen molar-refractivity contribution in [3.8, 4) is 5.75 Å². The van der Waals surface area contributed by atoms with Gasteiger partial charge in [0.1, 0.15) is 5.75 Å². The molecule has 5 nitrogen and oxygen atoms in total. The molecule has 0 aliphatic rings. The molecule has 0 heterocycles. The summed E-state index contributed by atoms with van der Waals surface area (Å²) in [4.78, 5) is 3.89. The summed E-state index contributed by atoms with van der Waals surface area (Å²) in [6, 6.07) is 7.12. The van der Waals surface area contributed by atoms with Gasteiger partial charge in [0.2, 0.25) is 0 Å². The van der Waals surface area contributed by atoms with Gasteiger partial charge in [-0.15, -0.1) is 0 Å². The first-order valence-electron chi connectivity index (χ1n) is 7.21. The second-order valence-corrected chi connectivity index (χ2v) is 4.71. The van der Waals surface area contributed by atoms with Crippen molar-refractivity contribution in [2.24, 2.45) is 4.99 Å². The third-order valence-electron chi connectivity index (χ3n) is 2.78. The van der Waals surface area contributed by atoms with Crippen molar-refractivity contribution in [2.75, 3.05) is 39.2 Å². The summed E-state index contributed by atoms with van der Waals surface area (Å²) >= 11 is 0. The molecule has 0 radical (unpaired) electrons. The molecule has 1 rings (SSSR count). The minimum absolute atomic E-state index is 0.240. The second kappa shape index (κ2) is 9.94. The monoisotopic (exact) mass is 333 g/mol. The van der Waals surface area contributed by atoms with E-state index in [1.165, 1.54) is 7.05 Å². The molecule has 2 N–H and O–H groups in total. The van der Waals surface area contributed by atoms with E-state index in [9.17, 15) is 13.2 Å². The first kappa shape index (κ1) is 19.1. The number of halogens is 3. The van der Waals surface area contributed by atoms with Gasteiger partial charge in [0.05, 0.1) is 13.0 Å². The maximum absolute atomic E-state index is 12.1. The zero-order chi connectivity index (χ0) is 17.1. The summed E-state index contributed by atoms with van der Waals surface area (Å²) in [5.74, 6) is 0.933. The lowest BCUT2D eigenvalue weighted by Gasteiger charge is -2.14. The number of hydrogen-bond acceptors (Lipinski definition) is 3. The molecule has 1 aromatic rings. The Hall–Kier alpha value is -1.96. The normalized spacial score (nSPS) is 12.1. The molecule has 0 aliphatic carbocycles. The molecule has 0 bridgehead atoms. The SMILES string of the molecule is CN=C(NCCC(F)(F)F)Nc1cccc(OCCCOC)c1. The van der Waals surface area contributed by atoms with Crippen LogP contribution >= 0.6 is 0 Å². The van der Waals surface area contributed by atoms with E-state index in [2.05, 4.69) is 15.6 Å². The summed E-state index contributed by atoms with van der Waals surface area (Å²) in [5.41, 5.74) is 0.675. The van der Waals surface area contributed by atoms with E-state index in [4.69, 9.17) is 9.47 Å². The number of benzene rings is 1. The van der Waals surface area contributed by atoms with Crippen molar-refractivity contribution >= 4 is 11.6 Å². The molecule has 0 aliphatic heterocycles. The van der Waals surface area contributed by atoms with Crippen molar-refractivity contribution in [2.45, 2.75) is 19.0 Å². The number of aliphatic imine (C=N–C) groups is 1. The third-order valence-corrected chi connectivity index (χ3v) is 2.78. The lowest BCUT2D eigenvalue weighted by molar-refractivity contribution is -0.132. The van der Waals surface area contributed by atoms with E-state index in [0.717, 1.165) is 6.42 Å². The van der Waals surface area contributed by atoms with Crippen LogP contribution in [0.4, 0.5) is 18.9 Å². The van der Waals surface area contributed by atoms with E-state index in [1.807, 2.05) is 0 Å². The van der Waals surface area contributed by atoms with Crippen molar-refractivity contribution in [3.63, 3.8) is 0 Å². The van der Waals surface area contributed by atoms with Crippen molar-refractivity contribution in [1.82, 2.24) is 5.32 Å². The number of anilines is 1. The Balaban J connectivity index is 2.48. The fraction of sp³-hybridized carbons (Fsp3) is 0.533. The number of nitrogens with zero attached hydrogens (tertiary/aromatic N) is 1. The number of rotatable bonds is 8. The van der Waals surface area contributed by atoms with Crippen LogP contribution in [-0.2, 0) is 4.74 Å². The maximum Gasteiger partial charge on any atom is 0.390 e. The van der Waals surface area contributed by atoms with Crippen LogP contribution in [0.2, 0.25) is 0 Å². The van der Waals surface area contributed by atoms with Gasteiger partial charge in [0.15, 0.2) is 5.96 Å². The maximum atomic E-state index is 12.1. The van der Waals surface area contributed by atoms with E-state index in [0.29, 0.717) is 24.7 Å². The molecule has 0 aromatic heterocycles. The van der Waals surface area contributed by atoms with Gasteiger partial charge in [-0.3, -0.25) is 4.99 Å². The van der Waals surface area contributed by atoms with E-state index >= 15 is 0 Å². The first-order chi connectivity index (χ1) is 10.9. The van der Waals surface area contributed by atoms with Gasteiger partial charge >= 0.3 is 6.18 Å². The lowest BCUT2D eigenvalue weighted by atomic mass is 10.3. The molecule has 23 heavy (non-hydrogen) atoms. The number of methoxy groups -OCH3 is 1. The number of alkyl halides is 3. The molecule has 0 fully saturated rings. The number of hydrogen-bond donors (Lipinski definition) is 2. The minimum Gasteiger partial charge on any atom is -0.493 e. The Labute approximate surface area is 133 Å². The fourth-order valence-corrected chi connectivity index (χ4v) is 1.70. The van der Waals surface area contributed by atoms with Crippen LogP contribution in [-0.4, -0.2) is 46.1 Å². The van der Waals surface area contributed by atoms with E-state index in [-0.39, 0.29) is 12.5 Å². The van der Waals surface area contributed by atoms with Gasteiger partial charge in [0.25, 0.3) is 0 Å². The van der Waals surface area contributed by atoms with E-state index < -0.39 is 12.6 Å². The van der Waals surface area contributed by atoms with Gasteiger partial charge in [0, 0.05) is 45.5 Å². The molecule has 0 amide bonds. The topological polar surface area (TPSA) is 54.9 Å². The summed E-state index contributed by atoms with van der Waals surface area (Å²) in [7, 11) is 3.12. The summed E-state index contributed by atoms with van der Waals surface area (Å²) < 4.78 is 46.9. The summed E-state index contributed by atoms with van der Waals surface area (Å²) in [5, 5.41) is 5.54. The largest absolute Gasteiger partial charge is 0.493 e. The Morgan fingerprint density at radius 1 is 1.26 bits per heavy atom. The van der Waals surface area contributed by atoms with Gasteiger partial charge in [-0.05, 0) is 12.1 Å². The number of nitrogens with one attached hydrogen (secondary N) is 2. The standard InChI is InChI=1S/C15H22F3N3O2/c1-19-14(20-8-7-15(16,17)18)21-12-5-3-6-13(11-12)23-10-4-9-22-2/h3,5-6,11H,4,7-10H2,1-2H3,(H2,19,20,21). The average Bonchev–Trinajstić information content (AvgIpc) is 2.50. The molecule has 0 saturated heterocycles. The predicted molar refractivity (Wildman–Crippen MR) is 84.1 cm³/mol. The summed E-state index contributed by atoms with van der Waals surface area (Å²) in [6.07, 6.45) is -4.34. The zero-order valence-electron chi connectivity index (χ0n) is 13.2. The highest BCUT2D eigenvalue weighted by Crippen LogP contribution is 2.19. The lowest BCUT2D eigenvalue weighted by Crippen LogP contribution is -2.33. The molecular formula is C15H22F3N3O2. The van der Waals surface area contributed by atoms with Crippen molar-refractivity contribution in [3.05, 3.63) is 24.3 Å². The number of guanidine groups is 1. The van der Waals surface area contributed by atoms with Crippen LogP contribution in [0, 0.1) is 0 Å². The molecule has 130 valence electrons. The van der Waals surface area contributed by atoms with Crippen LogP contribution in [0.3, 0.4) is 0 Å². The first-order valence-corrected chi connectivity index (χ1v) is 7.21. The van der Waals surface area contributed by atoms with Gasteiger partial charge < -0.3 is 20.1 Å². The molecule has 0 saturated carbocycles. The van der Waals surface area contributed by atoms with Crippen molar-refractivity contribution < 1.29 is 22.6 Å². The van der Waals surface area contributed by atoms with Crippen LogP contribution in [0.1, 0.15) is 12.8 Å². The highest BCUT2D eigenvalue weighted by Gasteiger charge is 2.26. The highest BCUT2D eigenvalue weighted by molar-refractivity contribution is 5.93. The van der Waals surface area contributed by atoms with Gasteiger partial charge in [-0.1, -0.05) is 6.07 Å². The van der Waals surface area contributed by atoms with Gasteiger partial charge in [-0.25, -0.2) is 0 Å². The smallest absolute Gasteiger partial charge is 0.390 e. The quantitative estimate of drug-likeness (QED) is 0.436. The van der Waals surface area contributed by atoms with E-state index in [1.54, 1.807) is 31.4 Å². The third kappa shape index (κ3) is 8.92. The minimum atomic E-state index is -4.19. The zero-order valence-corrected chi connectivity index (χ0v) is 13.2. The molecule has 1 aromatic carbocycles. The van der Waals surface area contributed by atoms with Crippen LogP contribution in [0.5, 0.6) is 5.75 Å². The fourth-order valence-electron chi connectivity index (χ4n) is 1.70. The molecule has 0 atom stereocenters. The Morgan fingerprint density at radius 3 is 2.70 bits per heavy atom. The Morgan fingerprint density at radius 2 is 2.04 bits per heavy atom. The molecule has 0 spiro atoms. The number of ether oxygens (including phenoxy) is 2. The average molecular weight is 333 g/mol. The Bertz CT molecular complexity index is 493.